The van der Waals surface area contributed by atoms with Gasteiger partial charge in [0, 0.05) is 24.9 Å². The molecule has 2 heteroatoms. The molecule has 0 unspecified atom stereocenters. The molecule has 0 spiro atoms. The molecule has 0 fully saturated rings. The van der Waals surface area contributed by atoms with Gasteiger partial charge in [-0.2, -0.15) is 0 Å². The molecule has 1 aromatic rings. The normalized spacial score (nSPS) is 24.9. The van der Waals surface area contributed by atoms with Gasteiger partial charge in [0.25, 0.3) is 0 Å². The van der Waals surface area contributed by atoms with Gasteiger partial charge in [-0.3, -0.25) is 4.79 Å². The molecule has 0 aromatic heterocycles. The minimum atomic E-state index is 0.0738. The Kier molecular flexibility index (Phi) is 5.57. The van der Waals surface area contributed by atoms with Crippen LogP contribution in [0.1, 0.15) is 46.1 Å². The van der Waals surface area contributed by atoms with Gasteiger partial charge in [-0.15, -0.1) is 0 Å². The van der Waals surface area contributed by atoms with Crippen LogP contribution in [0.15, 0.2) is 42.5 Å². The number of hydrogen-bond donors (Lipinski definition) is 1. The highest BCUT2D eigenvalue weighted by molar-refractivity contribution is 5.83. The Morgan fingerprint density at radius 1 is 1.32 bits per heavy atom. The fourth-order valence-corrected chi connectivity index (χ4v) is 3.65. The molecule has 0 aliphatic heterocycles. The van der Waals surface area contributed by atoms with Crippen molar-refractivity contribution in [3.05, 3.63) is 48.0 Å². The van der Waals surface area contributed by atoms with Gasteiger partial charge in [-0.25, -0.2) is 0 Å². The van der Waals surface area contributed by atoms with Crippen LogP contribution in [0.4, 0.5) is 0 Å². The third kappa shape index (κ3) is 4.30. The topological polar surface area (TPSA) is 29.1 Å². The minimum Gasteiger partial charge on any atom is -0.310 e. The van der Waals surface area contributed by atoms with Gasteiger partial charge in [0.1, 0.15) is 5.78 Å². The summed E-state index contributed by atoms with van der Waals surface area (Å²) in [6.07, 6.45) is 6.04. The summed E-state index contributed by atoms with van der Waals surface area (Å²) >= 11 is 0. The first-order valence-electron chi connectivity index (χ1n) is 8.37. The first kappa shape index (κ1) is 17.0. The zero-order valence-electron chi connectivity index (χ0n) is 14.3. The van der Waals surface area contributed by atoms with Crippen LogP contribution in [0.25, 0.3) is 0 Å². The zero-order valence-corrected chi connectivity index (χ0v) is 14.3. The van der Waals surface area contributed by atoms with Crippen LogP contribution in [0, 0.1) is 17.3 Å². The number of allylic oxidation sites excluding steroid dienone is 2. The van der Waals surface area contributed by atoms with E-state index in [-0.39, 0.29) is 17.4 Å². The van der Waals surface area contributed by atoms with Gasteiger partial charge in [-0.05, 0) is 30.2 Å². The Morgan fingerprint density at radius 3 is 2.64 bits per heavy atom. The summed E-state index contributed by atoms with van der Waals surface area (Å²) in [4.78, 5) is 12.8. The molecule has 0 amide bonds. The summed E-state index contributed by atoms with van der Waals surface area (Å²) < 4.78 is 0. The zero-order chi connectivity index (χ0) is 16.2. The summed E-state index contributed by atoms with van der Waals surface area (Å²) in [6.45, 7) is 9.53. The lowest BCUT2D eigenvalue weighted by Crippen LogP contribution is -2.40. The van der Waals surface area contributed by atoms with E-state index in [0.717, 1.165) is 13.0 Å². The van der Waals surface area contributed by atoms with Crippen molar-refractivity contribution in [2.45, 2.75) is 53.1 Å². The number of rotatable bonds is 6. The molecule has 2 rings (SSSR count). The number of Topliss-reactive ketones (excluding diaryl/α,β-unsaturated/α-hetero) is 1. The molecular formula is C20H29NO. The predicted molar refractivity (Wildman–Crippen MR) is 92.6 cm³/mol. The Hall–Kier alpha value is -1.41. The molecular weight excluding hydrogens is 270 g/mol. The molecule has 2 nitrogen and oxygen atoms in total. The highest BCUT2D eigenvalue weighted by atomic mass is 16.1. The molecule has 1 N–H and O–H groups in total. The van der Waals surface area contributed by atoms with Gasteiger partial charge in [-0.1, -0.05) is 63.3 Å². The molecule has 0 heterocycles. The Balaban J connectivity index is 1.89. The Morgan fingerprint density at radius 2 is 2.00 bits per heavy atom. The second-order valence-corrected chi connectivity index (χ2v) is 7.40. The average Bonchev–Trinajstić information content (AvgIpc) is 2.45. The molecule has 22 heavy (non-hydrogen) atoms. The van der Waals surface area contributed by atoms with E-state index in [1.54, 1.807) is 0 Å². The van der Waals surface area contributed by atoms with Crippen LogP contribution in [0.5, 0.6) is 0 Å². The molecule has 0 radical (unpaired) electrons. The van der Waals surface area contributed by atoms with E-state index < -0.39 is 0 Å². The monoisotopic (exact) mass is 299 g/mol. The summed E-state index contributed by atoms with van der Waals surface area (Å²) in [7, 11) is 0. The van der Waals surface area contributed by atoms with Crippen LogP contribution >= 0.6 is 0 Å². The molecule has 1 aromatic carbocycles. The van der Waals surface area contributed by atoms with Crippen LogP contribution < -0.4 is 5.32 Å². The number of benzene rings is 1. The first-order chi connectivity index (χ1) is 10.4. The van der Waals surface area contributed by atoms with Crippen LogP contribution in [-0.4, -0.2) is 11.8 Å². The maximum absolute atomic E-state index is 12.8. The molecule has 0 saturated heterocycles. The van der Waals surface area contributed by atoms with Gasteiger partial charge >= 0.3 is 0 Å². The molecule has 1 aliphatic rings. The van der Waals surface area contributed by atoms with Crippen LogP contribution in [0.3, 0.4) is 0 Å². The smallest absolute Gasteiger partial charge is 0.138 e. The quantitative estimate of drug-likeness (QED) is 0.791. The predicted octanol–water partition coefficient (Wildman–Crippen LogP) is 4.36. The van der Waals surface area contributed by atoms with E-state index in [9.17, 15) is 4.79 Å². The summed E-state index contributed by atoms with van der Waals surface area (Å²) in [5.41, 5.74) is 1.33. The summed E-state index contributed by atoms with van der Waals surface area (Å²) in [6, 6.07) is 10.5. The largest absolute Gasteiger partial charge is 0.310 e. The SMILES string of the molecule is C[C@@H](CC(=O)[C@@H]1[C@@H](C)C=CCC1(C)C)NCc1ccccc1. The van der Waals surface area contributed by atoms with Crippen molar-refractivity contribution in [2.75, 3.05) is 0 Å². The minimum absolute atomic E-state index is 0.0738. The average molecular weight is 299 g/mol. The summed E-state index contributed by atoms with van der Waals surface area (Å²) in [5.74, 6) is 0.881. The molecule has 120 valence electrons. The lowest BCUT2D eigenvalue weighted by molar-refractivity contribution is -0.128. The highest BCUT2D eigenvalue weighted by Crippen LogP contribution is 2.41. The van der Waals surface area contributed by atoms with Gasteiger partial charge in [0.05, 0.1) is 0 Å². The number of ketones is 1. The maximum Gasteiger partial charge on any atom is 0.138 e. The van der Waals surface area contributed by atoms with E-state index in [1.807, 2.05) is 18.2 Å². The molecule has 3 atom stereocenters. The van der Waals surface area contributed by atoms with Crippen molar-refractivity contribution in [1.29, 1.82) is 0 Å². The van der Waals surface area contributed by atoms with Gasteiger partial charge < -0.3 is 5.32 Å². The van der Waals surface area contributed by atoms with E-state index in [4.69, 9.17) is 0 Å². The first-order valence-corrected chi connectivity index (χ1v) is 8.37. The van der Waals surface area contributed by atoms with Gasteiger partial charge in [0.15, 0.2) is 0 Å². The lowest BCUT2D eigenvalue weighted by Gasteiger charge is -2.39. The van der Waals surface area contributed by atoms with Crippen molar-refractivity contribution < 1.29 is 4.79 Å². The van der Waals surface area contributed by atoms with Crippen molar-refractivity contribution >= 4 is 5.78 Å². The van der Waals surface area contributed by atoms with Gasteiger partial charge in [0.2, 0.25) is 0 Å². The number of hydrogen-bond acceptors (Lipinski definition) is 2. The molecule has 1 aliphatic carbocycles. The maximum atomic E-state index is 12.8. The Labute approximate surface area is 135 Å². The van der Waals surface area contributed by atoms with Crippen LogP contribution in [-0.2, 0) is 11.3 Å². The Bertz CT molecular complexity index is 518. The van der Waals surface area contributed by atoms with Crippen molar-refractivity contribution in [3.8, 4) is 0 Å². The third-order valence-corrected chi connectivity index (χ3v) is 4.80. The molecule has 0 bridgehead atoms. The van der Waals surface area contributed by atoms with E-state index >= 15 is 0 Å². The van der Waals surface area contributed by atoms with Crippen molar-refractivity contribution in [2.24, 2.45) is 17.3 Å². The number of carbonyl (C=O) groups excluding carboxylic acids is 1. The van der Waals surface area contributed by atoms with Crippen LogP contribution in [0.2, 0.25) is 0 Å². The van der Waals surface area contributed by atoms with Crippen molar-refractivity contribution in [1.82, 2.24) is 5.32 Å². The lowest BCUT2D eigenvalue weighted by atomic mass is 9.65. The number of nitrogens with one attached hydrogen (secondary N) is 1. The molecule has 0 saturated carbocycles. The standard InChI is InChI=1S/C20H29NO/c1-15-9-8-12-20(3,4)19(15)18(22)13-16(2)21-14-17-10-6-5-7-11-17/h5-11,15-16,19,21H,12-14H2,1-4H3/t15-,16-,19-/m0/s1. The van der Waals surface area contributed by atoms with E-state index in [2.05, 4.69) is 57.3 Å². The number of carbonyl (C=O) groups is 1. The van der Waals surface area contributed by atoms with E-state index in [1.165, 1.54) is 5.56 Å². The fraction of sp³-hybridized carbons (Fsp3) is 0.550. The third-order valence-electron chi connectivity index (χ3n) is 4.80. The summed E-state index contributed by atoms with van der Waals surface area (Å²) in [5, 5.41) is 3.47. The second kappa shape index (κ2) is 7.23. The second-order valence-electron chi connectivity index (χ2n) is 7.40. The van der Waals surface area contributed by atoms with Crippen molar-refractivity contribution in [3.63, 3.8) is 0 Å². The fourth-order valence-electron chi connectivity index (χ4n) is 3.65. The van der Waals surface area contributed by atoms with E-state index in [0.29, 0.717) is 18.1 Å². The highest BCUT2D eigenvalue weighted by Gasteiger charge is 2.39.